The summed E-state index contributed by atoms with van der Waals surface area (Å²) in [7, 11) is 0. The smallest absolute Gasteiger partial charge is 0.166 e. The number of hydrogen-bond acceptors (Lipinski definition) is 3. The van der Waals surface area contributed by atoms with Crippen molar-refractivity contribution < 1.29 is 13.5 Å². The van der Waals surface area contributed by atoms with Gasteiger partial charge < -0.3 is 10.5 Å². The number of nitrogen functional groups attached to an aromatic ring is 1. The highest BCUT2D eigenvalue weighted by Crippen LogP contribution is 2.21. The van der Waals surface area contributed by atoms with E-state index in [-0.39, 0.29) is 18.0 Å². The molecular formula is C13H12F2N2O. The minimum atomic E-state index is -0.518. The molecule has 0 spiro atoms. The molecule has 2 aromatic rings. The van der Waals surface area contributed by atoms with Gasteiger partial charge in [0.15, 0.2) is 11.6 Å². The predicted octanol–water partition coefficient (Wildman–Crippen LogP) is 2.83. The van der Waals surface area contributed by atoms with E-state index in [2.05, 4.69) is 4.98 Å². The fraction of sp³-hybridized carbons (Fsp3) is 0.154. The zero-order valence-electron chi connectivity index (χ0n) is 9.78. The fourth-order valence-corrected chi connectivity index (χ4v) is 1.50. The summed E-state index contributed by atoms with van der Waals surface area (Å²) in [5, 5.41) is 0. The highest BCUT2D eigenvalue weighted by Gasteiger charge is 2.07. The maximum Gasteiger partial charge on any atom is 0.166 e. The normalized spacial score (nSPS) is 10.4. The number of halogens is 2. The average molecular weight is 250 g/mol. The summed E-state index contributed by atoms with van der Waals surface area (Å²) in [4.78, 5) is 4.01. The molecule has 1 aromatic carbocycles. The van der Waals surface area contributed by atoms with Gasteiger partial charge in [0.1, 0.15) is 18.2 Å². The van der Waals surface area contributed by atoms with E-state index >= 15 is 0 Å². The maximum absolute atomic E-state index is 13.3. The van der Waals surface area contributed by atoms with Crippen molar-refractivity contribution in [2.24, 2.45) is 0 Å². The topological polar surface area (TPSA) is 48.1 Å². The quantitative estimate of drug-likeness (QED) is 0.911. The summed E-state index contributed by atoms with van der Waals surface area (Å²) in [6, 6.07) is 6.58. The number of aromatic nitrogens is 1. The molecule has 2 N–H and O–H groups in total. The van der Waals surface area contributed by atoms with Crippen molar-refractivity contribution in [3.05, 3.63) is 53.2 Å². The van der Waals surface area contributed by atoms with Crippen molar-refractivity contribution in [3.63, 3.8) is 0 Å². The van der Waals surface area contributed by atoms with Crippen molar-refractivity contribution in [1.29, 1.82) is 0 Å². The second-order valence-corrected chi connectivity index (χ2v) is 3.86. The van der Waals surface area contributed by atoms with E-state index in [0.717, 1.165) is 23.9 Å². The molecule has 0 saturated carbocycles. The van der Waals surface area contributed by atoms with E-state index in [0.29, 0.717) is 5.75 Å². The minimum Gasteiger partial charge on any atom is -0.485 e. The first-order valence-electron chi connectivity index (χ1n) is 5.36. The molecule has 0 aliphatic carbocycles. The summed E-state index contributed by atoms with van der Waals surface area (Å²) in [6.45, 7) is 1.70. The highest BCUT2D eigenvalue weighted by atomic mass is 19.1. The Morgan fingerprint density at radius 3 is 2.72 bits per heavy atom. The van der Waals surface area contributed by atoms with Gasteiger partial charge in [-0.25, -0.2) is 13.8 Å². The average Bonchev–Trinajstić information content (AvgIpc) is 2.32. The zero-order valence-corrected chi connectivity index (χ0v) is 9.78. The van der Waals surface area contributed by atoms with Gasteiger partial charge in [-0.2, -0.15) is 0 Å². The Kier molecular flexibility index (Phi) is 3.41. The highest BCUT2D eigenvalue weighted by molar-refractivity contribution is 5.46. The molecular weight excluding hydrogens is 238 g/mol. The largest absolute Gasteiger partial charge is 0.485 e. The lowest BCUT2D eigenvalue weighted by Gasteiger charge is -2.09. The molecule has 0 amide bonds. The molecule has 5 heteroatoms. The zero-order chi connectivity index (χ0) is 13.1. The van der Waals surface area contributed by atoms with Crippen LogP contribution in [0, 0.1) is 18.6 Å². The van der Waals surface area contributed by atoms with Crippen LogP contribution in [0.15, 0.2) is 30.3 Å². The standard InChI is InChI=1S/C13H12F2N2O/c1-8-2-5-12(13(16)17-8)18-7-9-6-10(14)3-4-11(9)15/h2-6H,7H2,1H3,(H2,16,17). The molecule has 0 bridgehead atoms. The summed E-state index contributed by atoms with van der Waals surface area (Å²) < 4.78 is 31.6. The Balaban J connectivity index is 2.13. The van der Waals surface area contributed by atoms with Crippen molar-refractivity contribution in [1.82, 2.24) is 4.98 Å². The third-order valence-electron chi connectivity index (χ3n) is 2.42. The Morgan fingerprint density at radius 1 is 1.22 bits per heavy atom. The lowest BCUT2D eigenvalue weighted by molar-refractivity contribution is 0.299. The van der Waals surface area contributed by atoms with E-state index in [1.165, 1.54) is 0 Å². The predicted molar refractivity (Wildman–Crippen MR) is 64.1 cm³/mol. The van der Waals surface area contributed by atoms with Gasteiger partial charge in [-0.1, -0.05) is 0 Å². The summed E-state index contributed by atoms with van der Waals surface area (Å²) in [5.74, 6) is -0.448. The Hall–Kier alpha value is -2.17. The molecule has 94 valence electrons. The number of anilines is 1. The van der Waals surface area contributed by atoms with Crippen molar-refractivity contribution in [3.8, 4) is 5.75 Å². The number of nitrogens with zero attached hydrogens (tertiary/aromatic N) is 1. The fourth-order valence-electron chi connectivity index (χ4n) is 1.50. The molecule has 0 aliphatic rings. The molecule has 1 aromatic heterocycles. The lowest BCUT2D eigenvalue weighted by atomic mass is 10.2. The first-order chi connectivity index (χ1) is 8.56. The van der Waals surface area contributed by atoms with Gasteiger partial charge in [-0.05, 0) is 37.3 Å². The van der Waals surface area contributed by atoms with Crippen LogP contribution in [0.25, 0.3) is 0 Å². The van der Waals surface area contributed by atoms with Gasteiger partial charge in [0.25, 0.3) is 0 Å². The van der Waals surface area contributed by atoms with Gasteiger partial charge in [-0.15, -0.1) is 0 Å². The molecule has 0 unspecified atom stereocenters. The summed E-state index contributed by atoms with van der Waals surface area (Å²) in [6.07, 6.45) is 0. The van der Waals surface area contributed by atoms with E-state index in [4.69, 9.17) is 10.5 Å². The molecule has 2 rings (SSSR count). The minimum absolute atomic E-state index is 0.0987. The van der Waals surface area contributed by atoms with Gasteiger partial charge in [0, 0.05) is 11.3 Å². The monoisotopic (exact) mass is 250 g/mol. The first kappa shape index (κ1) is 12.3. The third kappa shape index (κ3) is 2.74. The number of ether oxygens (including phenoxy) is 1. The lowest BCUT2D eigenvalue weighted by Crippen LogP contribution is -2.03. The number of rotatable bonds is 3. The SMILES string of the molecule is Cc1ccc(OCc2cc(F)ccc2F)c(N)n1. The molecule has 0 atom stereocenters. The number of nitrogens with two attached hydrogens (primary N) is 1. The second-order valence-electron chi connectivity index (χ2n) is 3.86. The number of aryl methyl sites for hydroxylation is 1. The van der Waals surface area contributed by atoms with Gasteiger partial charge in [0.2, 0.25) is 0 Å². The molecule has 0 radical (unpaired) electrons. The van der Waals surface area contributed by atoms with Crippen LogP contribution in [0.2, 0.25) is 0 Å². The van der Waals surface area contributed by atoms with E-state index in [9.17, 15) is 8.78 Å². The van der Waals surface area contributed by atoms with E-state index in [1.54, 1.807) is 19.1 Å². The Bertz CT molecular complexity index is 573. The van der Waals surface area contributed by atoms with Crippen LogP contribution >= 0.6 is 0 Å². The number of pyridine rings is 1. The molecule has 1 heterocycles. The molecule has 18 heavy (non-hydrogen) atoms. The first-order valence-corrected chi connectivity index (χ1v) is 5.36. The Morgan fingerprint density at radius 2 is 2.00 bits per heavy atom. The van der Waals surface area contributed by atoms with Gasteiger partial charge >= 0.3 is 0 Å². The summed E-state index contributed by atoms with van der Waals surface area (Å²) >= 11 is 0. The van der Waals surface area contributed by atoms with Crippen molar-refractivity contribution >= 4 is 5.82 Å². The molecule has 0 aliphatic heterocycles. The molecule has 3 nitrogen and oxygen atoms in total. The van der Waals surface area contributed by atoms with Crippen LogP contribution in [0.4, 0.5) is 14.6 Å². The number of hydrogen-bond donors (Lipinski definition) is 1. The van der Waals surface area contributed by atoms with E-state index < -0.39 is 11.6 Å². The molecule has 0 saturated heterocycles. The van der Waals surface area contributed by atoms with Crippen LogP contribution in [-0.2, 0) is 6.61 Å². The van der Waals surface area contributed by atoms with Crippen LogP contribution in [-0.4, -0.2) is 4.98 Å². The second kappa shape index (κ2) is 5.00. The van der Waals surface area contributed by atoms with Crippen LogP contribution in [0.3, 0.4) is 0 Å². The third-order valence-corrected chi connectivity index (χ3v) is 2.42. The van der Waals surface area contributed by atoms with Crippen molar-refractivity contribution in [2.75, 3.05) is 5.73 Å². The van der Waals surface area contributed by atoms with Crippen LogP contribution < -0.4 is 10.5 Å². The van der Waals surface area contributed by atoms with Gasteiger partial charge in [-0.3, -0.25) is 0 Å². The van der Waals surface area contributed by atoms with E-state index in [1.807, 2.05) is 0 Å². The summed E-state index contributed by atoms with van der Waals surface area (Å²) in [5.41, 5.74) is 6.54. The van der Waals surface area contributed by atoms with Gasteiger partial charge in [0.05, 0.1) is 0 Å². The van der Waals surface area contributed by atoms with Crippen LogP contribution in [0.5, 0.6) is 5.75 Å². The number of benzene rings is 1. The Labute approximate surface area is 103 Å². The maximum atomic E-state index is 13.3. The molecule has 0 fully saturated rings. The van der Waals surface area contributed by atoms with Crippen LogP contribution in [0.1, 0.15) is 11.3 Å². The van der Waals surface area contributed by atoms with Crippen molar-refractivity contribution in [2.45, 2.75) is 13.5 Å².